The fraction of sp³-hybridized carbons (Fsp3) is 0.286. The quantitative estimate of drug-likeness (QED) is 0.132. The summed E-state index contributed by atoms with van der Waals surface area (Å²) < 4.78 is 9.61. The van der Waals surface area contributed by atoms with Crippen LogP contribution in [0.1, 0.15) is 83.9 Å². The van der Waals surface area contributed by atoms with Crippen molar-refractivity contribution < 1.29 is 28.7 Å². The van der Waals surface area contributed by atoms with Gasteiger partial charge in [0.25, 0.3) is 11.8 Å². The summed E-state index contributed by atoms with van der Waals surface area (Å²) in [5, 5.41) is 5.38. The molecule has 4 amide bonds. The van der Waals surface area contributed by atoms with Gasteiger partial charge < -0.3 is 39.9 Å². The van der Waals surface area contributed by atoms with Crippen LogP contribution in [0.5, 0.6) is 0 Å². The molecule has 4 atom stereocenters. The lowest BCUT2D eigenvalue weighted by Crippen LogP contribution is -2.42. The van der Waals surface area contributed by atoms with Gasteiger partial charge in [0.1, 0.15) is 29.4 Å². The summed E-state index contributed by atoms with van der Waals surface area (Å²) in [6.07, 6.45) is 5.11. The Hall–Kier alpha value is -6.18. The third kappa shape index (κ3) is 9.67. The zero-order valence-electron chi connectivity index (χ0n) is 32.0. The zero-order valence-corrected chi connectivity index (χ0v) is 34.0. The Morgan fingerprint density at radius 1 is 0.672 bits per heavy atom. The van der Waals surface area contributed by atoms with E-state index in [-0.39, 0.29) is 50.9 Å². The molecule has 0 radical (unpaired) electrons. The van der Waals surface area contributed by atoms with Crippen molar-refractivity contribution in [2.75, 3.05) is 27.3 Å². The Morgan fingerprint density at radius 2 is 1.16 bits per heavy atom. The number of ether oxygens (including phenoxy) is 2. The molecule has 0 aliphatic carbocycles. The normalized spacial score (nSPS) is 16.7. The highest BCUT2D eigenvalue weighted by Gasteiger charge is 2.38. The predicted octanol–water partition coefficient (Wildman–Crippen LogP) is 5.95. The van der Waals surface area contributed by atoms with Crippen LogP contribution >= 0.6 is 27.0 Å². The minimum Gasteiger partial charge on any atom is -0.453 e. The third-order valence-corrected chi connectivity index (χ3v) is 10.1. The van der Waals surface area contributed by atoms with E-state index in [1.54, 1.807) is 46.5 Å². The summed E-state index contributed by atoms with van der Waals surface area (Å²) in [5.74, 6) is 7.17. The molecule has 4 heterocycles. The second-order valence-corrected chi connectivity index (χ2v) is 13.5. The van der Waals surface area contributed by atoms with Crippen LogP contribution in [0.15, 0.2) is 97.3 Å². The number of nitrogens with zero attached hydrogens (tertiary/aromatic N) is 4. The second-order valence-electron chi connectivity index (χ2n) is 13.5. The van der Waals surface area contributed by atoms with E-state index < -0.39 is 24.3 Å². The number of carbonyl (C=O) groups is 4. The topological polar surface area (TPSA) is 175 Å². The minimum absolute atomic E-state index is 0. The fourth-order valence-corrected chi connectivity index (χ4v) is 7.28. The number of alkyl carbamates (subject to hydrolysis) is 2. The molecule has 5 aromatic rings. The van der Waals surface area contributed by atoms with E-state index in [0.29, 0.717) is 41.6 Å². The van der Waals surface area contributed by atoms with Crippen molar-refractivity contribution in [3.8, 4) is 23.1 Å². The summed E-state index contributed by atoms with van der Waals surface area (Å²) in [5.41, 5.74) is 4.44. The number of carbonyl (C=O) groups excluding carboxylic acids is 4. The van der Waals surface area contributed by atoms with Crippen molar-refractivity contribution in [3.05, 3.63) is 131 Å². The molecular formula is C42H46N8O6S2. The summed E-state index contributed by atoms with van der Waals surface area (Å²) in [6.45, 7) is 1.07. The molecule has 0 unspecified atom stereocenters. The van der Waals surface area contributed by atoms with Gasteiger partial charge in [-0.2, -0.15) is 27.0 Å². The van der Waals surface area contributed by atoms with Crippen LogP contribution in [0.2, 0.25) is 0 Å². The summed E-state index contributed by atoms with van der Waals surface area (Å²) in [7, 11) is 2.54. The lowest BCUT2D eigenvalue weighted by molar-refractivity contribution is -0.135. The fourth-order valence-electron chi connectivity index (χ4n) is 7.28. The van der Waals surface area contributed by atoms with E-state index in [1.807, 2.05) is 60.7 Å². The zero-order chi connectivity index (χ0) is 39.0. The molecule has 2 aliphatic rings. The first-order valence-electron chi connectivity index (χ1n) is 18.4. The molecule has 16 heteroatoms. The molecule has 2 aliphatic heterocycles. The van der Waals surface area contributed by atoms with Gasteiger partial charge in [0, 0.05) is 18.7 Å². The van der Waals surface area contributed by atoms with Gasteiger partial charge >= 0.3 is 12.2 Å². The van der Waals surface area contributed by atoms with Crippen LogP contribution in [0.25, 0.3) is 11.3 Å². The molecular weight excluding hydrogens is 777 g/mol. The van der Waals surface area contributed by atoms with Gasteiger partial charge in [0.15, 0.2) is 0 Å². The minimum atomic E-state index is -0.897. The van der Waals surface area contributed by atoms with Crippen LogP contribution in [0.4, 0.5) is 9.59 Å². The monoisotopic (exact) mass is 822 g/mol. The average molecular weight is 823 g/mol. The Balaban J connectivity index is 0.00000320. The van der Waals surface area contributed by atoms with Crippen molar-refractivity contribution in [3.63, 3.8) is 0 Å². The predicted molar refractivity (Wildman–Crippen MR) is 226 cm³/mol. The van der Waals surface area contributed by atoms with Crippen molar-refractivity contribution in [2.24, 2.45) is 0 Å². The van der Waals surface area contributed by atoms with Crippen LogP contribution in [0.3, 0.4) is 0 Å². The van der Waals surface area contributed by atoms with Gasteiger partial charge in [-0.1, -0.05) is 78.7 Å². The number of hydrogen-bond acceptors (Lipinski definition) is 8. The molecule has 3 aromatic carbocycles. The molecule has 2 saturated heterocycles. The van der Waals surface area contributed by atoms with Crippen molar-refractivity contribution >= 4 is 51.0 Å². The summed E-state index contributed by atoms with van der Waals surface area (Å²) >= 11 is 0. The molecule has 7 rings (SSSR count). The number of rotatable bonds is 9. The number of benzene rings is 3. The highest BCUT2D eigenvalue weighted by Crippen LogP contribution is 2.35. The molecule has 14 nitrogen and oxygen atoms in total. The first kappa shape index (κ1) is 43.0. The molecule has 0 bridgehead atoms. The van der Waals surface area contributed by atoms with E-state index >= 15 is 0 Å². The Kier molecular flexibility index (Phi) is 14.7. The van der Waals surface area contributed by atoms with Crippen molar-refractivity contribution in [1.82, 2.24) is 40.4 Å². The number of aromatic nitrogens is 4. The number of hydrogen-bond donors (Lipinski definition) is 4. The number of H-pyrrole nitrogens is 2. The van der Waals surface area contributed by atoms with Crippen LogP contribution in [-0.4, -0.2) is 81.0 Å². The highest BCUT2D eigenvalue weighted by molar-refractivity contribution is 7.59. The van der Waals surface area contributed by atoms with Gasteiger partial charge in [-0.3, -0.25) is 9.59 Å². The van der Waals surface area contributed by atoms with E-state index in [0.717, 1.165) is 42.5 Å². The van der Waals surface area contributed by atoms with E-state index in [1.165, 1.54) is 14.2 Å². The Morgan fingerprint density at radius 3 is 1.66 bits per heavy atom. The molecule has 2 fully saturated rings. The number of nitrogens with one attached hydrogen (secondary N) is 4. The van der Waals surface area contributed by atoms with E-state index in [2.05, 4.69) is 42.4 Å². The number of imidazole rings is 2. The van der Waals surface area contributed by atoms with Gasteiger partial charge in [0.05, 0.1) is 44.4 Å². The molecule has 4 N–H and O–H groups in total. The molecule has 0 spiro atoms. The van der Waals surface area contributed by atoms with Crippen LogP contribution < -0.4 is 10.6 Å². The number of likely N-dealkylation sites (tertiary alicyclic amines) is 2. The number of amides is 4. The lowest BCUT2D eigenvalue weighted by Gasteiger charge is -2.28. The first-order valence-corrected chi connectivity index (χ1v) is 18.4. The third-order valence-electron chi connectivity index (χ3n) is 10.1. The van der Waals surface area contributed by atoms with E-state index in [9.17, 15) is 19.2 Å². The SMILES string of the molecule is COC(=O)N[C@@H](C(=O)N1CCC[C@H]1c1ncc(C#Cc2ccc(-c3cnc([C@@H]4CCCN4C(=O)[C@H](NC(=O)OC)c4ccccc4)[nH]3)cc2)[nH]1)c1ccccc1.S.S. The maximum Gasteiger partial charge on any atom is 0.407 e. The smallest absolute Gasteiger partial charge is 0.407 e. The van der Waals surface area contributed by atoms with Gasteiger partial charge in [-0.25, -0.2) is 19.6 Å². The van der Waals surface area contributed by atoms with Crippen LogP contribution in [0, 0.1) is 11.8 Å². The Bertz CT molecular complexity index is 2240. The lowest BCUT2D eigenvalue weighted by atomic mass is 10.1. The van der Waals surface area contributed by atoms with Gasteiger partial charge in [0.2, 0.25) is 0 Å². The molecule has 2 aromatic heterocycles. The van der Waals surface area contributed by atoms with E-state index in [4.69, 9.17) is 9.47 Å². The van der Waals surface area contributed by atoms with Crippen molar-refractivity contribution in [1.29, 1.82) is 0 Å². The highest BCUT2D eigenvalue weighted by atomic mass is 32.1. The maximum atomic E-state index is 13.8. The molecule has 0 saturated carbocycles. The number of methoxy groups -OCH3 is 2. The average Bonchev–Trinajstić information content (AvgIpc) is 4.08. The second kappa shape index (κ2) is 19.8. The number of aromatic amines is 2. The maximum absolute atomic E-state index is 13.8. The standard InChI is InChI=1S/C42H42N8O6.2H2S/c1-55-41(53)47-35(29-11-5-3-6-12-29)39(51)49-23-9-15-33(49)37-43-25-31(45-37)22-19-27-17-20-28(21-18-27)32-26-44-38(46-32)34-16-10-24-50(34)40(52)36(48-42(54)56-2)30-13-7-4-8-14-30;;/h3-8,11-14,17-18,20-21,25-26,33-36H,9-10,15-16,23-24H2,1-2H3,(H,43,45)(H,44,46)(H,47,53)(H,48,54);2*1H2/t33-,34-,35+,36+;;/m0../s1. The van der Waals surface area contributed by atoms with Gasteiger partial charge in [-0.05, 0) is 60.4 Å². The summed E-state index contributed by atoms with van der Waals surface area (Å²) in [4.78, 5) is 71.4. The summed E-state index contributed by atoms with van der Waals surface area (Å²) in [6, 6.07) is 23.6. The van der Waals surface area contributed by atoms with Crippen LogP contribution in [-0.2, 0) is 19.1 Å². The van der Waals surface area contributed by atoms with Gasteiger partial charge in [-0.15, -0.1) is 0 Å². The molecule has 58 heavy (non-hydrogen) atoms. The largest absolute Gasteiger partial charge is 0.453 e. The molecule has 302 valence electrons. The van der Waals surface area contributed by atoms with Crippen molar-refractivity contribution in [2.45, 2.75) is 49.9 Å². The first-order chi connectivity index (χ1) is 27.3. The Labute approximate surface area is 350 Å².